The summed E-state index contributed by atoms with van der Waals surface area (Å²) in [5.41, 5.74) is 0.582. The molecule has 0 aliphatic heterocycles. The standard InChI is InChI=1S/C13H7Br2Cl2FO/c14-7-3-6(4-8(16)5-7)13(19)9-1-2-10(15)11(17)12(9)18/h1-5,13,19H. The molecular formula is C13H7Br2Cl2FO. The van der Waals surface area contributed by atoms with Crippen molar-refractivity contribution in [2.24, 2.45) is 0 Å². The van der Waals surface area contributed by atoms with Crippen molar-refractivity contribution in [3.8, 4) is 0 Å². The van der Waals surface area contributed by atoms with Crippen LogP contribution in [-0.4, -0.2) is 5.11 Å². The van der Waals surface area contributed by atoms with Crippen molar-refractivity contribution < 1.29 is 9.50 Å². The summed E-state index contributed by atoms with van der Waals surface area (Å²) >= 11 is 18.1. The zero-order valence-corrected chi connectivity index (χ0v) is 14.0. The smallest absolute Gasteiger partial charge is 0.149 e. The third-order valence-electron chi connectivity index (χ3n) is 2.56. The van der Waals surface area contributed by atoms with E-state index in [0.717, 1.165) is 0 Å². The molecule has 100 valence electrons. The number of aliphatic hydroxyl groups excluding tert-OH is 1. The highest BCUT2D eigenvalue weighted by Gasteiger charge is 2.19. The Morgan fingerprint density at radius 3 is 2.42 bits per heavy atom. The van der Waals surface area contributed by atoms with E-state index in [9.17, 15) is 9.50 Å². The van der Waals surface area contributed by atoms with Crippen LogP contribution in [0.4, 0.5) is 4.39 Å². The molecule has 0 heterocycles. The van der Waals surface area contributed by atoms with Crippen LogP contribution < -0.4 is 0 Å². The lowest BCUT2D eigenvalue weighted by Crippen LogP contribution is -2.03. The Kier molecular flexibility index (Phi) is 4.90. The summed E-state index contributed by atoms with van der Waals surface area (Å²) in [6.45, 7) is 0. The van der Waals surface area contributed by atoms with Crippen LogP contribution in [0.5, 0.6) is 0 Å². The molecule has 0 amide bonds. The number of halogens is 5. The fourth-order valence-electron chi connectivity index (χ4n) is 1.66. The van der Waals surface area contributed by atoms with Gasteiger partial charge in [-0.25, -0.2) is 4.39 Å². The molecule has 0 bridgehead atoms. The molecule has 1 unspecified atom stereocenters. The molecular weight excluding hydrogens is 422 g/mol. The maximum atomic E-state index is 14.0. The third-order valence-corrected chi connectivity index (χ3v) is 4.49. The first-order chi connectivity index (χ1) is 8.90. The second-order valence-corrected chi connectivity index (χ2v) is 6.45. The quantitative estimate of drug-likeness (QED) is 0.605. The SMILES string of the molecule is OC(c1cc(Cl)cc(Br)c1)c1ccc(Br)c(Cl)c1F. The average molecular weight is 429 g/mol. The number of rotatable bonds is 2. The predicted molar refractivity (Wildman–Crippen MR) is 82.3 cm³/mol. The monoisotopic (exact) mass is 426 g/mol. The van der Waals surface area contributed by atoms with Gasteiger partial charge in [-0.3, -0.25) is 0 Å². The summed E-state index contributed by atoms with van der Waals surface area (Å²) in [5, 5.41) is 10.6. The van der Waals surface area contributed by atoms with Crippen molar-refractivity contribution in [1.82, 2.24) is 0 Å². The highest BCUT2D eigenvalue weighted by Crippen LogP contribution is 2.34. The lowest BCUT2D eigenvalue weighted by Gasteiger charge is -2.14. The predicted octanol–water partition coefficient (Wildman–Crippen LogP) is 5.74. The molecule has 6 heteroatoms. The Morgan fingerprint density at radius 2 is 1.79 bits per heavy atom. The van der Waals surface area contributed by atoms with E-state index in [1.54, 1.807) is 24.3 Å². The van der Waals surface area contributed by atoms with E-state index in [2.05, 4.69) is 31.9 Å². The topological polar surface area (TPSA) is 20.2 Å². The van der Waals surface area contributed by atoms with Crippen molar-refractivity contribution in [2.45, 2.75) is 6.10 Å². The van der Waals surface area contributed by atoms with E-state index < -0.39 is 11.9 Å². The second-order valence-electron chi connectivity index (χ2n) is 3.87. The lowest BCUT2D eigenvalue weighted by molar-refractivity contribution is 0.215. The Labute approximate surface area is 136 Å². The molecule has 1 atom stereocenters. The van der Waals surface area contributed by atoms with Crippen LogP contribution in [0.1, 0.15) is 17.2 Å². The summed E-state index contributed by atoms with van der Waals surface area (Å²) in [6.07, 6.45) is -1.14. The van der Waals surface area contributed by atoms with E-state index in [4.69, 9.17) is 23.2 Å². The van der Waals surface area contributed by atoms with Crippen LogP contribution in [0, 0.1) is 5.82 Å². The summed E-state index contributed by atoms with van der Waals surface area (Å²) in [7, 11) is 0. The minimum atomic E-state index is -1.14. The van der Waals surface area contributed by atoms with E-state index in [1.165, 1.54) is 6.07 Å². The molecule has 0 saturated carbocycles. The van der Waals surface area contributed by atoms with Crippen molar-refractivity contribution >= 4 is 55.1 Å². The van der Waals surface area contributed by atoms with Crippen LogP contribution in [0.2, 0.25) is 10.0 Å². The van der Waals surface area contributed by atoms with E-state index in [1.807, 2.05) is 0 Å². The molecule has 0 aromatic heterocycles. The first-order valence-corrected chi connectivity index (χ1v) is 7.52. The normalized spacial score (nSPS) is 12.5. The molecule has 2 aromatic rings. The van der Waals surface area contributed by atoms with Gasteiger partial charge in [0.1, 0.15) is 11.9 Å². The molecule has 0 aliphatic rings. The molecule has 0 saturated heterocycles. The van der Waals surface area contributed by atoms with Gasteiger partial charge in [-0.05, 0) is 45.8 Å². The molecule has 0 aliphatic carbocycles. The zero-order chi connectivity index (χ0) is 14.2. The van der Waals surface area contributed by atoms with Crippen molar-refractivity contribution in [1.29, 1.82) is 0 Å². The Morgan fingerprint density at radius 1 is 1.11 bits per heavy atom. The second kappa shape index (κ2) is 6.10. The van der Waals surface area contributed by atoms with Gasteiger partial charge in [-0.2, -0.15) is 0 Å². The van der Waals surface area contributed by atoms with Crippen molar-refractivity contribution in [3.63, 3.8) is 0 Å². The molecule has 19 heavy (non-hydrogen) atoms. The molecule has 1 nitrogen and oxygen atoms in total. The average Bonchev–Trinajstić information content (AvgIpc) is 2.34. The number of aliphatic hydroxyl groups is 1. The van der Waals surface area contributed by atoms with Crippen LogP contribution in [0.3, 0.4) is 0 Å². The largest absolute Gasteiger partial charge is 0.384 e. The minimum absolute atomic E-state index is 0.0577. The maximum absolute atomic E-state index is 14.0. The number of hydrogen-bond acceptors (Lipinski definition) is 1. The molecule has 0 radical (unpaired) electrons. The van der Waals surface area contributed by atoms with Crippen molar-refractivity contribution in [2.75, 3.05) is 0 Å². The van der Waals surface area contributed by atoms with E-state index >= 15 is 0 Å². The van der Waals surface area contributed by atoms with Crippen LogP contribution in [0.25, 0.3) is 0 Å². The molecule has 0 spiro atoms. The molecule has 1 N–H and O–H groups in total. The van der Waals surface area contributed by atoms with E-state index in [0.29, 0.717) is 19.5 Å². The Balaban J connectivity index is 2.50. The van der Waals surface area contributed by atoms with Gasteiger partial charge in [0.2, 0.25) is 0 Å². The van der Waals surface area contributed by atoms with Crippen LogP contribution >= 0.6 is 55.1 Å². The summed E-state index contributed by atoms with van der Waals surface area (Å²) < 4.78 is 15.2. The van der Waals surface area contributed by atoms with Gasteiger partial charge >= 0.3 is 0 Å². The minimum Gasteiger partial charge on any atom is -0.384 e. The van der Waals surface area contributed by atoms with Gasteiger partial charge in [0, 0.05) is 19.5 Å². The van der Waals surface area contributed by atoms with Gasteiger partial charge < -0.3 is 5.11 Å². The first kappa shape index (κ1) is 15.3. The number of hydrogen-bond donors (Lipinski definition) is 1. The van der Waals surface area contributed by atoms with Crippen LogP contribution in [-0.2, 0) is 0 Å². The van der Waals surface area contributed by atoms with Gasteiger partial charge in [0.15, 0.2) is 0 Å². The van der Waals surface area contributed by atoms with Crippen LogP contribution in [0.15, 0.2) is 39.3 Å². The highest BCUT2D eigenvalue weighted by atomic mass is 79.9. The van der Waals surface area contributed by atoms with Gasteiger partial charge in [0.05, 0.1) is 5.02 Å². The van der Waals surface area contributed by atoms with E-state index in [-0.39, 0.29) is 10.6 Å². The summed E-state index contributed by atoms with van der Waals surface area (Å²) in [4.78, 5) is 0. The fourth-order valence-corrected chi connectivity index (χ4v) is 3.03. The van der Waals surface area contributed by atoms with Crippen molar-refractivity contribution in [3.05, 3.63) is 66.3 Å². The Bertz CT molecular complexity index is 614. The summed E-state index contributed by atoms with van der Waals surface area (Å²) in [6, 6.07) is 8.00. The maximum Gasteiger partial charge on any atom is 0.149 e. The molecule has 2 rings (SSSR count). The molecule has 0 fully saturated rings. The van der Waals surface area contributed by atoms with Gasteiger partial charge in [-0.15, -0.1) is 0 Å². The number of benzene rings is 2. The molecule has 2 aromatic carbocycles. The summed E-state index contributed by atoms with van der Waals surface area (Å²) in [5.74, 6) is -0.653. The third kappa shape index (κ3) is 3.31. The fraction of sp³-hybridized carbons (Fsp3) is 0.0769. The lowest BCUT2D eigenvalue weighted by atomic mass is 10.0. The zero-order valence-electron chi connectivity index (χ0n) is 9.30. The van der Waals surface area contributed by atoms with Gasteiger partial charge in [0.25, 0.3) is 0 Å². The van der Waals surface area contributed by atoms with Gasteiger partial charge in [-0.1, -0.05) is 45.2 Å². The highest BCUT2D eigenvalue weighted by molar-refractivity contribution is 9.10. The Hall–Kier alpha value is -0.130. The first-order valence-electron chi connectivity index (χ1n) is 5.17.